The van der Waals surface area contributed by atoms with Gasteiger partial charge < -0.3 is 5.32 Å². The number of benzene rings is 1. The summed E-state index contributed by atoms with van der Waals surface area (Å²) in [7, 11) is 0. The summed E-state index contributed by atoms with van der Waals surface area (Å²) < 4.78 is 1.14. The predicted octanol–water partition coefficient (Wildman–Crippen LogP) is 4.99. The van der Waals surface area contributed by atoms with E-state index in [0.29, 0.717) is 0 Å². The van der Waals surface area contributed by atoms with Crippen LogP contribution in [0.4, 0.5) is 0 Å². The number of hydrogen-bond acceptors (Lipinski definition) is 2. The Balaban J connectivity index is 2.29. The predicted molar refractivity (Wildman–Crippen MR) is 84.2 cm³/mol. The van der Waals surface area contributed by atoms with Crippen LogP contribution in [0.15, 0.2) is 34.1 Å². The van der Waals surface area contributed by atoms with E-state index in [1.807, 2.05) is 11.3 Å². The summed E-state index contributed by atoms with van der Waals surface area (Å²) in [6, 6.07) is 8.54. The zero-order valence-electron chi connectivity index (χ0n) is 10.8. The highest BCUT2D eigenvalue weighted by Gasteiger charge is 2.10. The maximum absolute atomic E-state index is 3.55. The summed E-state index contributed by atoms with van der Waals surface area (Å²) in [6.45, 7) is 6.43. The third-order valence-electron chi connectivity index (χ3n) is 2.91. The van der Waals surface area contributed by atoms with Gasteiger partial charge in [-0.15, -0.1) is 11.3 Å². The van der Waals surface area contributed by atoms with Gasteiger partial charge in [0, 0.05) is 15.9 Å². The van der Waals surface area contributed by atoms with E-state index in [1.165, 1.54) is 28.0 Å². The van der Waals surface area contributed by atoms with Gasteiger partial charge in [-0.25, -0.2) is 0 Å². The monoisotopic (exact) mass is 323 g/mol. The van der Waals surface area contributed by atoms with E-state index < -0.39 is 0 Å². The third kappa shape index (κ3) is 3.22. The fourth-order valence-electron chi connectivity index (χ4n) is 2.07. The fourth-order valence-corrected chi connectivity index (χ4v) is 3.35. The summed E-state index contributed by atoms with van der Waals surface area (Å²) in [5.74, 6) is 0. The van der Waals surface area contributed by atoms with Crippen LogP contribution in [0.2, 0.25) is 0 Å². The van der Waals surface area contributed by atoms with Crippen LogP contribution < -0.4 is 5.32 Å². The Morgan fingerprint density at radius 3 is 2.89 bits per heavy atom. The maximum atomic E-state index is 3.55. The molecule has 18 heavy (non-hydrogen) atoms. The minimum Gasteiger partial charge on any atom is -0.313 e. The number of hydrogen-bond donors (Lipinski definition) is 1. The minimum atomic E-state index is 0.958. The van der Waals surface area contributed by atoms with Gasteiger partial charge in [0.2, 0.25) is 0 Å². The van der Waals surface area contributed by atoms with Crippen molar-refractivity contribution in [3.05, 3.63) is 44.6 Å². The smallest absolute Gasteiger partial charge is 0.0220 e. The lowest BCUT2D eigenvalue weighted by atomic mass is 10.0. The van der Waals surface area contributed by atoms with E-state index in [1.54, 1.807) is 0 Å². The van der Waals surface area contributed by atoms with Crippen LogP contribution in [0.3, 0.4) is 0 Å². The Kier molecular flexibility index (Phi) is 4.98. The zero-order valence-corrected chi connectivity index (χ0v) is 13.2. The van der Waals surface area contributed by atoms with Crippen molar-refractivity contribution in [3.8, 4) is 11.1 Å². The van der Waals surface area contributed by atoms with Gasteiger partial charge in [0.05, 0.1) is 0 Å². The molecule has 0 aliphatic rings. The molecule has 1 aromatic heterocycles. The molecule has 1 heterocycles. The number of rotatable bonds is 5. The van der Waals surface area contributed by atoms with Crippen LogP contribution in [-0.4, -0.2) is 6.54 Å². The molecule has 3 heteroatoms. The van der Waals surface area contributed by atoms with Crippen LogP contribution in [0.25, 0.3) is 11.1 Å². The number of aryl methyl sites for hydroxylation is 1. The molecule has 0 saturated heterocycles. The highest BCUT2D eigenvalue weighted by molar-refractivity contribution is 9.10. The molecule has 0 amide bonds. The van der Waals surface area contributed by atoms with E-state index in [9.17, 15) is 0 Å². The highest BCUT2D eigenvalue weighted by Crippen LogP contribution is 2.33. The van der Waals surface area contributed by atoms with Crippen molar-refractivity contribution in [1.29, 1.82) is 0 Å². The van der Waals surface area contributed by atoms with Gasteiger partial charge in [0.25, 0.3) is 0 Å². The molecule has 0 atom stereocenters. The molecule has 0 saturated carbocycles. The van der Waals surface area contributed by atoms with E-state index in [-0.39, 0.29) is 0 Å². The quantitative estimate of drug-likeness (QED) is 0.764. The maximum Gasteiger partial charge on any atom is 0.0220 e. The molecular weight excluding hydrogens is 306 g/mol. The summed E-state index contributed by atoms with van der Waals surface area (Å²) in [6.07, 6.45) is 1.18. The zero-order chi connectivity index (χ0) is 13.0. The molecule has 0 bridgehead atoms. The molecule has 2 aromatic rings. The highest BCUT2D eigenvalue weighted by atomic mass is 79.9. The first-order chi connectivity index (χ1) is 8.72. The molecule has 0 aliphatic heterocycles. The van der Waals surface area contributed by atoms with Gasteiger partial charge in [0.1, 0.15) is 0 Å². The molecule has 1 nitrogen and oxygen atoms in total. The molecule has 2 rings (SSSR count). The second kappa shape index (κ2) is 6.50. The Hall–Kier alpha value is -0.640. The first kappa shape index (κ1) is 13.8. The summed E-state index contributed by atoms with van der Waals surface area (Å²) >= 11 is 5.38. The second-order valence-corrected chi connectivity index (χ2v) is 6.38. The normalized spacial score (nSPS) is 10.8. The topological polar surface area (TPSA) is 12.0 Å². The number of thiophene rings is 1. The van der Waals surface area contributed by atoms with Crippen LogP contribution in [0, 0.1) is 6.92 Å². The number of halogens is 1. The van der Waals surface area contributed by atoms with E-state index >= 15 is 0 Å². The first-order valence-electron chi connectivity index (χ1n) is 6.26. The van der Waals surface area contributed by atoms with Gasteiger partial charge in [-0.05, 0) is 54.1 Å². The molecule has 96 valence electrons. The summed E-state index contributed by atoms with van der Waals surface area (Å²) in [5.41, 5.74) is 4.10. The summed E-state index contributed by atoms with van der Waals surface area (Å²) in [4.78, 5) is 1.39. The van der Waals surface area contributed by atoms with Crippen LogP contribution in [-0.2, 0) is 6.54 Å². The Morgan fingerprint density at radius 1 is 1.33 bits per heavy atom. The average Bonchev–Trinajstić information content (AvgIpc) is 2.71. The van der Waals surface area contributed by atoms with Crippen LogP contribution in [0.5, 0.6) is 0 Å². The van der Waals surface area contributed by atoms with Crippen molar-refractivity contribution < 1.29 is 0 Å². The van der Waals surface area contributed by atoms with Crippen molar-refractivity contribution in [2.24, 2.45) is 0 Å². The molecule has 1 aromatic carbocycles. The fraction of sp³-hybridized carbons (Fsp3) is 0.333. The van der Waals surface area contributed by atoms with Gasteiger partial charge in [-0.3, -0.25) is 0 Å². The van der Waals surface area contributed by atoms with Gasteiger partial charge in [-0.1, -0.05) is 35.0 Å². The standard InChI is InChI=1S/C15H18BrNS/c1-3-7-17-9-13-10-18-11(2)15(13)12-5-4-6-14(16)8-12/h4-6,8,10,17H,3,7,9H2,1-2H3. The molecule has 1 N–H and O–H groups in total. The molecule has 0 fully saturated rings. The first-order valence-corrected chi connectivity index (χ1v) is 7.93. The Labute approximate surface area is 121 Å². The summed E-state index contributed by atoms with van der Waals surface area (Å²) in [5, 5.41) is 5.76. The van der Waals surface area contributed by atoms with Gasteiger partial charge in [-0.2, -0.15) is 0 Å². The van der Waals surface area contributed by atoms with Crippen molar-refractivity contribution in [2.45, 2.75) is 26.8 Å². The lowest BCUT2D eigenvalue weighted by Gasteiger charge is -2.08. The van der Waals surface area contributed by atoms with Crippen molar-refractivity contribution in [2.75, 3.05) is 6.54 Å². The van der Waals surface area contributed by atoms with Crippen molar-refractivity contribution in [1.82, 2.24) is 5.32 Å². The molecule has 0 aliphatic carbocycles. The lowest BCUT2D eigenvalue weighted by Crippen LogP contribution is -2.13. The minimum absolute atomic E-state index is 0.958. The second-order valence-electron chi connectivity index (χ2n) is 4.38. The third-order valence-corrected chi connectivity index (χ3v) is 4.36. The SMILES string of the molecule is CCCNCc1csc(C)c1-c1cccc(Br)c1. The van der Waals surface area contributed by atoms with Gasteiger partial charge in [0.15, 0.2) is 0 Å². The molecule has 0 unspecified atom stereocenters. The van der Waals surface area contributed by atoms with Crippen LogP contribution >= 0.6 is 27.3 Å². The molecule has 0 spiro atoms. The van der Waals surface area contributed by atoms with E-state index in [0.717, 1.165) is 17.6 Å². The van der Waals surface area contributed by atoms with Crippen molar-refractivity contribution >= 4 is 27.3 Å². The Bertz CT molecular complexity index is 519. The lowest BCUT2D eigenvalue weighted by molar-refractivity contribution is 0.677. The molecular formula is C15H18BrNS. The van der Waals surface area contributed by atoms with Crippen molar-refractivity contribution in [3.63, 3.8) is 0 Å². The van der Waals surface area contributed by atoms with E-state index in [4.69, 9.17) is 0 Å². The molecule has 0 radical (unpaired) electrons. The average molecular weight is 324 g/mol. The Morgan fingerprint density at radius 2 is 2.17 bits per heavy atom. The van der Waals surface area contributed by atoms with Gasteiger partial charge >= 0.3 is 0 Å². The van der Waals surface area contributed by atoms with Crippen LogP contribution in [0.1, 0.15) is 23.8 Å². The largest absolute Gasteiger partial charge is 0.313 e. The number of nitrogens with one attached hydrogen (secondary N) is 1. The van der Waals surface area contributed by atoms with E-state index in [2.05, 4.69) is 64.7 Å².